The Balaban J connectivity index is 1.33. The van der Waals surface area contributed by atoms with Crippen LogP contribution in [0.15, 0.2) is 36.4 Å². The molecule has 0 aromatic heterocycles. The molecule has 1 aromatic carbocycles. The molecular formula is C21H22N2O6. The molecular weight excluding hydrogens is 376 g/mol. The number of esters is 1. The van der Waals surface area contributed by atoms with Crippen molar-refractivity contribution >= 4 is 29.4 Å². The maximum Gasteiger partial charge on any atom is 0.329 e. The van der Waals surface area contributed by atoms with Crippen LogP contribution in [0.2, 0.25) is 0 Å². The lowest BCUT2D eigenvalue weighted by atomic mass is 9.85. The number of imide groups is 1. The van der Waals surface area contributed by atoms with Gasteiger partial charge in [0.25, 0.3) is 5.91 Å². The molecule has 2 fully saturated rings. The lowest BCUT2D eigenvalue weighted by Crippen LogP contribution is -2.45. The highest BCUT2D eigenvalue weighted by Gasteiger charge is 2.60. The number of nitrogens with zero attached hydrogens (tertiary/aromatic N) is 1. The van der Waals surface area contributed by atoms with Gasteiger partial charge in [-0.25, -0.2) is 4.79 Å². The van der Waals surface area contributed by atoms with Crippen molar-refractivity contribution in [2.24, 2.45) is 23.7 Å². The summed E-state index contributed by atoms with van der Waals surface area (Å²) in [5.41, 5.74) is 0.499. The van der Waals surface area contributed by atoms with Gasteiger partial charge in [-0.3, -0.25) is 19.3 Å². The second-order valence-electron chi connectivity index (χ2n) is 7.61. The molecule has 0 radical (unpaired) electrons. The Kier molecular flexibility index (Phi) is 4.86. The fourth-order valence-corrected chi connectivity index (χ4v) is 4.57. The molecule has 2 aliphatic carbocycles. The van der Waals surface area contributed by atoms with E-state index in [0.29, 0.717) is 11.4 Å². The molecule has 3 amide bonds. The van der Waals surface area contributed by atoms with Gasteiger partial charge in [0.2, 0.25) is 11.8 Å². The van der Waals surface area contributed by atoms with Gasteiger partial charge in [0.05, 0.1) is 18.9 Å². The Hall–Kier alpha value is -3.16. The van der Waals surface area contributed by atoms with E-state index < -0.39 is 24.5 Å². The van der Waals surface area contributed by atoms with Crippen LogP contribution >= 0.6 is 0 Å². The lowest BCUT2D eigenvalue weighted by Gasteiger charge is -2.23. The first kappa shape index (κ1) is 19.2. The van der Waals surface area contributed by atoms with Gasteiger partial charge in [0.15, 0.2) is 6.61 Å². The number of carbonyl (C=O) groups excluding carboxylic acids is 4. The number of likely N-dealkylation sites (tertiary alicyclic amines) is 1. The molecule has 152 valence electrons. The topological polar surface area (TPSA) is 102 Å². The predicted octanol–water partition coefficient (Wildman–Crippen LogP) is 1.37. The number of fused-ring (bicyclic) bond motifs is 5. The predicted molar refractivity (Wildman–Crippen MR) is 102 cm³/mol. The number of hydrogen-bond donors (Lipinski definition) is 1. The second kappa shape index (κ2) is 7.35. The van der Waals surface area contributed by atoms with Gasteiger partial charge in [0, 0.05) is 11.8 Å². The Morgan fingerprint density at radius 2 is 1.83 bits per heavy atom. The third kappa shape index (κ3) is 3.28. The molecule has 5 atom stereocenters. The lowest BCUT2D eigenvalue weighted by molar-refractivity contribution is -0.159. The zero-order valence-electron chi connectivity index (χ0n) is 16.2. The Labute approximate surface area is 167 Å². The van der Waals surface area contributed by atoms with E-state index in [4.69, 9.17) is 9.47 Å². The number of carbonyl (C=O) groups is 4. The average molecular weight is 398 g/mol. The van der Waals surface area contributed by atoms with Gasteiger partial charge < -0.3 is 14.8 Å². The number of allylic oxidation sites excluding steroid dienone is 2. The van der Waals surface area contributed by atoms with Crippen LogP contribution in [0.1, 0.15) is 13.3 Å². The number of anilines is 1. The molecule has 29 heavy (non-hydrogen) atoms. The Bertz CT molecular complexity index is 880. The van der Waals surface area contributed by atoms with E-state index in [1.54, 1.807) is 24.3 Å². The van der Waals surface area contributed by atoms with Crippen molar-refractivity contribution in [2.45, 2.75) is 19.4 Å². The van der Waals surface area contributed by atoms with Crippen molar-refractivity contribution in [3.8, 4) is 5.75 Å². The maximum atomic E-state index is 12.7. The van der Waals surface area contributed by atoms with Crippen molar-refractivity contribution in [3.63, 3.8) is 0 Å². The largest absolute Gasteiger partial charge is 0.497 e. The molecule has 1 aromatic rings. The van der Waals surface area contributed by atoms with Crippen molar-refractivity contribution in [3.05, 3.63) is 36.4 Å². The van der Waals surface area contributed by atoms with Crippen molar-refractivity contribution in [1.29, 1.82) is 0 Å². The fourth-order valence-electron chi connectivity index (χ4n) is 4.57. The summed E-state index contributed by atoms with van der Waals surface area (Å²) in [7, 11) is 1.51. The van der Waals surface area contributed by atoms with Gasteiger partial charge in [-0.1, -0.05) is 18.2 Å². The van der Waals surface area contributed by atoms with Crippen LogP contribution in [0.4, 0.5) is 5.69 Å². The minimum Gasteiger partial charge on any atom is -0.497 e. The van der Waals surface area contributed by atoms with E-state index in [2.05, 4.69) is 5.32 Å². The van der Waals surface area contributed by atoms with Gasteiger partial charge in [-0.15, -0.1) is 0 Å². The summed E-state index contributed by atoms with van der Waals surface area (Å²) in [6, 6.07) is 5.69. The van der Waals surface area contributed by atoms with Crippen LogP contribution in [-0.2, 0) is 23.9 Å². The van der Waals surface area contributed by atoms with E-state index >= 15 is 0 Å². The normalized spacial score (nSPS) is 27.7. The molecule has 1 heterocycles. The number of benzene rings is 1. The molecule has 8 nitrogen and oxygen atoms in total. The van der Waals surface area contributed by atoms with Crippen LogP contribution in [0.3, 0.4) is 0 Å². The van der Waals surface area contributed by atoms with Gasteiger partial charge in [-0.2, -0.15) is 0 Å². The smallest absolute Gasteiger partial charge is 0.329 e. The summed E-state index contributed by atoms with van der Waals surface area (Å²) in [4.78, 5) is 51.0. The minimum atomic E-state index is -1.07. The quantitative estimate of drug-likeness (QED) is 0.441. The van der Waals surface area contributed by atoms with Crippen LogP contribution in [0.25, 0.3) is 0 Å². The summed E-state index contributed by atoms with van der Waals surface area (Å²) in [6.45, 7) is 0.935. The molecule has 1 N–H and O–H groups in total. The molecule has 0 unspecified atom stereocenters. The summed E-state index contributed by atoms with van der Waals surface area (Å²) >= 11 is 0. The van der Waals surface area contributed by atoms with Gasteiger partial charge in [-0.05, 0) is 37.3 Å². The van der Waals surface area contributed by atoms with E-state index in [-0.39, 0.29) is 35.5 Å². The fraction of sp³-hybridized carbons (Fsp3) is 0.429. The highest BCUT2D eigenvalue weighted by molar-refractivity contribution is 6.09. The summed E-state index contributed by atoms with van der Waals surface area (Å²) in [6.07, 6.45) is 4.81. The van der Waals surface area contributed by atoms with E-state index in [1.165, 1.54) is 14.0 Å². The SMILES string of the molecule is COc1cccc(NC(=O)COC(=O)[C@@H](C)N2C(=O)[C@@H]3[C@H](C2=O)[C@H]2C=C[C@H]3C2)c1. The Morgan fingerprint density at radius 1 is 1.17 bits per heavy atom. The first-order valence-electron chi connectivity index (χ1n) is 9.56. The molecule has 3 aliphatic rings. The molecule has 8 heteroatoms. The van der Waals surface area contributed by atoms with E-state index in [0.717, 1.165) is 11.3 Å². The van der Waals surface area contributed by atoms with Gasteiger partial charge >= 0.3 is 5.97 Å². The summed E-state index contributed by atoms with van der Waals surface area (Å²) in [5, 5.41) is 2.60. The van der Waals surface area contributed by atoms with Crippen LogP contribution in [0, 0.1) is 23.7 Å². The van der Waals surface area contributed by atoms with Crippen LogP contribution in [-0.4, -0.2) is 48.3 Å². The van der Waals surface area contributed by atoms with Crippen LogP contribution in [0.5, 0.6) is 5.75 Å². The number of methoxy groups -OCH3 is 1. The molecule has 1 aliphatic heterocycles. The summed E-state index contributed by atoms with van der Waals surface area (Å²) in [5.74, 6) is -1.97. The highest BCUT2D eigenvalue weighted by Crippen LogP contribution is 2.52. The van der Waals surface area contributed by atoms with Gasteiger partial charge in [0.1, 0.15) is 11.8 Å². The van der Waals surface area contributed by atoms with Crippen molar-refractivity contribution in [1.82, 2.24) is 4.90 Å². The van der Waals surface area contributed by atoms with Crippen LogP contribution < -0.4 is 10.1 Å². The van der Waals surface area contributed by atoms with Crippen molar-refractivity contribution in [2.75, 3.05) is 19.0 Å². The second-order valence-corrected chi connectivity index (χ2v) is 7.61. The monoisotopic (exact) mass is 398 g/mol. The minimum absolute atomic E-state index is 0.0725. The molecule has 1 saturated carbocycles. The first-order chi connectivity index (χ1) is 13.9. The number of rotatable bonds is 6. The standard InChI is InChI=1S/C21H22N2O6/c1-11(23-19(25)17-12-6-7-13(8-12)18(17)20(23)26)21(27)29-10-16(24)22-14-4-3-5-15(9-14)28-2/h3-7,9,11-13,17-18H,8,10H2,1-2H3,(H,22,24)/t11-,12+,13+,17-,18+/m1/s1. The zero-order valence-corrected chi connectivity index (χ0v) is 16.2. The third-order valence-corrected chi connectivity index (χ3v) is 5.93. The number of hydrogen-bond acceptors (Lipinski definition) is 6. The zero-order chi connectivity index (χ0) is 20.7. The number of amides is 3. The summed E-state index contributed by atoms with van der Waals surface area (Å²) < 4.78 is 10.1. The first-order valence-corrected chi connectivity index (χ1v) is 9.56. The van der Waals surface area contributed by atoms with E-state index in [9.17, 15) is 19.2 Å². The van der Waals surface area contributed by atoms with E-state index in [1.807, 2.05) is 12.2 Å². The van der Waals surface area contributed by atoms with Crippen molar-refractivity contribution < 1.29 is 28.7 Å². The molecule has 0 spiro atoms. The number of ether oxygens (including phenoxy) is 2. The maximum absolute atomic E-state index is 12.7. The highest BCUT2D eigenvalue weighted by atomic mass is 16.5. The third-order valence-electron chi connectivity index (χ3n) is 5.93. The molecule has 4 rings (SSSR count). The molecule has 2 bridgehead atoms. The Morgan fingerprint density at radius 3 is 2.45 bits per heavy atom. The number of nitrogens with one attached hydrogen (secondary N) is 1. The molecule has 1 saturated heterocycles. The average Bonchev–Trinajstić information content (AvgIpc) is 3.39.